The van der Waals surface area contributed by atoms with E-state index in [9.17, 15) is 35.9 Å². The fourth-order valence-electron chi connectivity index (χ4n) is 4.03. The van der Waals surface area contributed by atoms with Crippen LogP contribution in [-0.4, -0.2) is 24.0 Å². The molecule has 2 amide bonds. The van der Waals surface area contributed by atoms with Gasteiger partial charge in [0, 0.05) is 0 Å². The summed E-state index contributed by atoms with van der Waals surface area (Å²) in [4.78, 5) is 25.6. The van der Waals surface area contributed by atoms with E-state index in [0.29, 0.717) is 29.9 Å². The third kappa shape index (κ3) is 2.42. The minimum atomic E-state index is -5.06. The van der Waals surface area contributed by atoms with Crippen LogP contribution >= 0.6 is 0 Å². The number of fused-ring (bicyclic) bond motifs is 5. The lowest BCUT2D eigenvalue weighted by Gasteiger charge is -2.21. The molecule has 3 aliphatic rings. The first kappa shape index (κ1) is 17.3. The first-order valence-electron chi connectivity index (χ1n) is 7.81. The van der Waals surface area contributed by atoms with Crippen LogP contribution in [0.5, 0.6) is 0 Å². The smallest absolute Gasteiger partial charge is 0.373 e. The Morgan fingerprint density at radius 3 is 1.62 bits per heavy atom. The SMILES string of the molecule is O=C1[C@@H]2[C@H]3CCC(O3)[C@@H]2C(=O)N1c1cc(C(F)(F)F)cc(C(F)(F)F)c1. The fourth-order valence-corrected chi connectivity index (χ4v) is 4.03. The first-order chi connectivity index (χ1) is 12.0. The van der Waals surface area contributed by atoms with E-state index in [-0.39, 0.29) is 6.07 Å². The van der Waals surface area contributed by atoms with E-state index < -0.39 is 65.0 Å². The van der Waals surface area contributed by atoms with E-state index >= 15 is 0 Å². The van der Waals surface area contributed by atoms with Crippen molar-refractivity contribution in [3.05, 3.63) is 29.3 Å². The molecule has 4 nitrogen and oxygen atoms in total. The Balaban J connectivity index is 1.80. The van der Waals surface area contributed by atoms with E-state index in [1.54, 1.807) is 0 Å². The number of anilines is 1. The maximum Gasteiger partial charge on any atom is 0.416 e. The Labute approximate surface area is 142 Å². The molecule has 0 aliphatic carbocycles. The summed E-state index contributed by atoms with van der Waals surface area (Å²) in [6.45, 7) is 0. The van der Waals surface area contributed by atoms with Crippen molar-refractivity contribution in [2.24, 2.45) is 11.8 Å². The molecule has 4 rings (SSSR count). The van der Waals surface area contributed by atoms with Crippen molar-refractivity contribution in [1.82, 2.24) is 0 Å². The summed E-state index contributed by atoms with van der Waals surface area (Å²) < 4.78 is 83.5. The number of benzene rings is 1. The zero-order valence-electron chi connectivity index (χ0n) is 12.9. The van der Waals surface area contributed by atoms with Crippen molar-refractivity contribution in [1.29, 1.82) is 0 Å². The molecule has 140 valence electrons. The molecule has 1 unspecified atom stereocenters. The van der Waals surface area contributed by atoms with Gasteiger partial charge in [-0.15, -0.1) is 0 Å². The molecule has 1 aromatic carbocycles. The Bertz CT molecular complexity index is 742. The average molecular weight is 379 g/mol. The van der Waals surface area contributed by atoms with E-state index in [2.05, 4.69) is 0 Å². The van der Waals surface area contributed by atoms with Gasteiger partial charge in [0.25, 0.3) is 0 Å². The van der Waals surface area contributed by atoms with E-state index in [1.165, 1.54) is 0 Å². The quantitative estimate of drug-likeness (QED) is 0.555. The van der Waals surface area contributed by atoms with Crippen LogP contribution in [0.25, 0.3) is 0 Å². The van der Waals surface area contributed by atoms with Crippen LogP contribution in [0.15, 0.2) is 18.2 Å². The van der Waals surface area contributed by atoms with Crippen molar-refractivity contribution in [3.63, 3.8) is 0 Å². The highest BCUT2D eigenvalue weighted by molar-refractivity contribution is 6.22. The molecule has 26 heavy (non-hydrogen) atoms. The Morgan fingerprint density at radius 1 is 0.808 bits per heavy atom. The lowest BCUT2D eigenvalue weighted by Crippen LogP contribution is -2.34. The number of hydrogen-bond acceptors (Lipinski definition) is 3. The predicted octanol–water partition coefficient (Wildman–Crippen LogP) is 3.39. The molecule has 0 radical (unpaired) electrons. The molecule has 3 saturated heterocycles. The maximum atomic E-state index is 13.0. The van der Waals surface area contributed by atoms with Crippen LogP contribution in [0.1, 0.15) is 24.0 Å². The Morgan fingerprint density at radius 2 is 1.23 bits per heavy atom. The molecule has 10 heteroatoms. The average Bonchev–Trinajstić information content (AvgIpc) is 3.19. The zero-order valence-corrected chi connectivity index (χ0v) is 12.9. The molecule has 3 fully saturated rings. The molecule has 1 aromatic rings. The topological polar surface area (TPSA) is 46.6 Å². The summed E-state index contributed by atoms with van der Waals surface area (Å²) in [5.41, 5.74) is -3.85. The van der Waals surface area contributed by atoms with Gasteiger partial charge in [0.05, 0.1) is 40.9 Å². The second kappa shape index (κ2) is 5.21. The van der Waals surface area contributed by atoms with Crippen LogP contribution in [0.2, 0.25) is 0 Å². The third-order valence-electron chi connectivity index (χ3n) is 5.11. The van der Waals surface area contributed by atoms with Crippen LogP contribution in [0.3, 0.4) is 0 Å². The summed E-state index contributed by atoms with van der Waals surface area (Å²) in [7, 11) is 0. The number of ether oxygens (including phenoxy) is 1. The number of nitrogens with zero attached hydrogens (tertiary/aromatic N) is 1. The molecule has 3 heterocycles. The van der Waals surface area contributed by atoms with Gasteiger partial charge in [-0.25, -0.2) is 4.90 Å². The van der Waals surface area contributed by atoms with Gasteiger partial charge in [-0.2, -0.15) is 26.3 Å². The molecule has 0 N–H and O–H groups in total. The predicted molar refractivity (Wildman–Crippen MR) is 73.8 cm³/mol. The molecule has 0 spiro atoms. The number of rotatable bonds is 1. The second-order valence-electron chi connectivity index (χ2n) is 6.62. The normalized spacial score (nSPS) is 31.1. The van der Waals surface area contributed by atoms with Gasteiger partial charge in [-0.3, -0.25) is 9.59 Å². The number of carbonyl (C=O) groups excluding carboxylic acids is 2. The molecule has 4 atom stereocenters. The molecular weight excluding hydrogens is 368 g/mol. The Kier molecular flexibility index (Phi) is 3.47. The number of halogens is 6. The molecular formula is C16H11F6NO3. The van der Waals surface area contributed by atoms with E-state index in [4.69, 9.17) is 4.74 Å². The standard InChI is InChI=1S/C16H11F6NO3/c17-15(18,19)6-3-7(16(20,21)22)5-8(4-6)23-13(24)11-9-1-2-10(26-9)12(11)14(23)25/h3-5,9-12H,1-2H2/t9-,10?,11-,12+/m1/s1. The number of amides is 2. The van der Waals surface area contributed by atoms with Gasteiger partial charge < -0.3 is 4.74 Å². The van der Waals surface area contributed by atoms with Crippen LogP contribution in [0.4, 0.5) is 32.0 Å². The van der Waals surface area contributed by atoms with E-state index in [0.717, 1.165) is 0 Å². The monoisotopic (exact) mass is 379 g/mol. The maximum absolute atomic E-state index is 13.0. The van der Waals surface area contributed by atoms with Crippen LogP contribution in [0, 0.1) is 11.8 Å². The lowest BCUT2D eigenvalue weighted by molar-refractivity contribution is -0.143. The third-order valence-corrected chi connectivity index (χ3v) is 5.11. The van der Waals surface area contributed by atoms with Crippen molar-refractivity contribution < 1.29 is 40.7 Å². The largest absolute Gasteiger partial charge is 0.416 e. The first-order valence-corrected chi connectivity index (χ1v) is 7.81. The molecule has 3 aliphatic heterocycles. The fraction of sp³-hybridized carbons (Fsp3) is 0.500. The molecule has 0 aromatic heterocycles. The van der Waals surface area contributed by atoms with Gasteiger partial charge in [-0.05, 0) is 31.0 Å². The minimum absolute atomic E-state index is 0.0395. The molecule has 0 saturated carbocycles. The second-order valence-corrected chi connectivity index (χ2v) is 6.62. The van der Waals surface area contributed by atoms with Gasteiger partial charge >= 0.3 is 12.4 Å². The van der Waals surface area contributed by atoms with Crippen LogP contribution in [-0.2, 0) is 26.7 Å². The van der Waals surface area contributed by atoms with Gasteiger partial charge in [0.2, 0.25) is 11.8 Å². The highest BCUT2D eigenvalue weighted by Crippen LogP contribution is 2.50. The molecule has 2 bridgehead atoms. The summed E-state index contributed by atoms with van der Waals surface area (Å²) in [6.07, 6.45) is -10.1. The highest BCUT2D eigenvalue weighted by Gasteiger charge is 2.62. The summed E-state index contributed by atoms with van der Waals surface area (Å²) in [6, 6.07) is 0.756. The highest BCUT2D eigenvalue weighted by atomic mass is 19.4. The van der Waals surface area contributed by atoms with Crippen molar-refractivity contribution in [2.75, 3.05) is 4.90 Å². The van der Waals surface area contributed by atoms with Crippen molar-refractivity contribution >= 4 is 17.5 Å². The zero-order chi connectivity index (χ0) is 19.0. The summed E-state index contributed by atoms with van der Waals surface area (Å²) in [5, 5.41) is 0. The van der Waals surface area contributed by atoms with Gasteiger partial charge in [0.1, 0.15) is 0 Å². The summed E-state index contributed by atoms with van der Waals surface area (Å²) >= 11 is 0. The number of hydrogen-bond donors (Lipinski definition) is 0. The number of imide groups is 1. The minimum Gasteiger partial charge on any atom is -0.373 e. The Hall–Kier alpha value is -2.10. The lowest BCUT2D eigenvalue weighted by atomic mass is 9.81. The van der Waals surface area contributed by atoms with Crippen molar-refractivity contribution in [2.45, 2.75) is 37.4 Å². The van der Waals surface area contributed by atoms with E-state index in [1.807, 2.05) is 0 Å². The van der Waals surface area contributed by atoms with Gasteiger partial charge in [0.15, 0.2) is 0 Å². The van der Waals surface area contributed by atoms with Crippen molar-refractivity contribution in [3.8, 4) is 0 Å². The summed E-state index contributed by atoms with van der Waals surface area (Å²) in [5.74, 6) is -3.30. The van der Waals surface area contributed by atoms with Gasteiger partial charge in [-0.1, -0.05) is 0 Å². The van der Waals surface area contributed by atoms with Crippen LogP contribution < -0.4 is 4.90 Å². The number of alkyl halides is 6. The number of carbonyl (C=O) groups is 2.